The van der Waals surface area contributed by atoms with Crippen LogP contribution < -0.4 is 16.4 Å². The highest BCUT2D eigenvalue weighted by Gasteiger charge is 2.25. The Bertz CT molecular complexity index is 321. The normalized spacial score (nSPS) is 26.0. The number of hydrogen-bond acceptors (Lipinski definition) is 4. The Labute approximate surface area is 114 Å². The smallest absolute Gasteiger partial charge is 0.237 e. The van der Waals surface area contributed by atoms with Crippen molar-refractivity contribution < 1.29 is 9.59 Å². The number of likely N-dealkylation sites (tertiary alicyclic amines) is 1. The van der Waals surface area contributed by atoms with E-state index in [0.29, 0.717) is 6.54 Å². The van der Waals surface area contributed by atoms with Crippen molar-refractivity contribution in [3.8, 4) is 0 Å². The van der Waals surface area contributed by atoms with E-state index in [1.165, 1.54) is 0 Å². The molecule has 0 saturated carbocycles. The predicted molar refractivity (Wildman–Crippen MR) is 72.4 cm³/mol. The van der Waals surface area contributed by atoms with Crippen LogP contribution in [0, 0.1) is 0 Å². The number of nitrogens with one attached hydrogen (secondary N) is 2. The molecular formula is C13H24N4O2. The molecule has 1 atom stereocenters. The van der Waals surface area contributed by atoms with Crippen LogP contribution in [0.3, 0.4) is 0 Å². The molecule has 108 valence electrons. The van der Waals surface area contributed by atoms with E-state index < -0.39 is 0 Å². The van der Waals surface area contributed by atoms with Crippen molar-refractivity contribution in [1.82, 2.24) is 15.5 Å². The Morgan fingerprint density at radius 2 is 1.95 bits per heavy atom. The number of carbonyl (C=O) groups is 2. The van der Waals surface area contributed by atoms with Gasteiger partial charge in [0.2, 0.25) is 11.8 Å². The third-order valence-electron chi connectivity index (χ3n) is 3.94. The van der Waals surface area contributed by atoms with Crippen LogP contribution in [0.5, 0.6) is 0 Å². The number of nitrogens with two attached hydrogens (primary N) is 1. The number of amides is 2. The molecule has 2 rings (SSSR count). The van der Waals surface area contributed by atoms with Crippen molar-refractivity contribution in [2.24, 2.45) is 5.73 Å². The molecule has 2 amide bonds. The van der Waals surface area contributed by atoms with Gasteiger partial charge in [-0.25, -0.2) is 0 Å². The van der Waals surface area contributed by atoms with E-state index in [1.807, 2.05) is 4.90 Å². The first-order valence-electron chi connectivity index (χ1n) is 7.19. The van der Waals surface area contributed by atoms with Crippen LogP contribution in [0.25, 0.3) is 0 Å². The molecule has 0 aromatic carbocycles. The minimum absolute atomic E-state index is 0.0163. The number of nitrogens with zero attached hydrogens (tertiary/aromatic N) is 1. The van der Waals surface area contributed by atoms with E-state index >= 15 is 0 Å². The van der Waals surface area contributed by atoms with Gasteiger partial charge in [0.1, 0.15) is 0 Å². The Morgan fingerprint density at radius 1 is 1.21 bits per heavy atom. The molecule has 0 aliphatic carbocycles. The minimum Gasteiger partial charge on any atom is -0.369 e. The van der Waals surface area contributed by atoms with Crippen LogP contribution in [0.4, 0.5) is 0 Å². The summed E-state index contributed by atoms with van der Waals surface area (Å²) in [5.41, 5.74) is 5.18. The fourth-order valence-electron chi connectivity index (χ4n) is 2.83. The van der Waals surface area contributed by atoms with E-state index in [9.17, 15) is 9.59 Å². The first-order valence-corrected chi connectivity index (χ1v) is 7.19. The monoisotopic (exact) mass is 268 g/mol. The van der Waals surface area contributed by atoms with Crippen molar-refractivity contribution in [2.45, 2.75) is 44.2 Å². The third-order valence-corrected chi connectivity index (χ3v) is 3.94. The van der Waals surface area contributed by atoms with Crippen molar-refractivity contribution in [3.05, 3.63) is 0 Å². The van der Waals surface area contributed by atoms with Gasteiger partial charge in [-0.1, -0.05) is 6.42 Å². The number of piperidine rings is 2. The SMILES string of the molecule is NC(=O)CN1CCC(NC(=O)C2CCCCN2)CC1. The van der Waals surface area contributed by atoms with E-state index in [-0.39, 0.29) is 23.9 Å². The van der Waals surface area contributed by atoms with Gasteiger partial charge < -0.3 is 16.4 Å². The summed E-state index contributed by atoms with van der Waals surface area (Å²) in [7, 11) is 0. The van der Waals surface area contributed by atoms with Gasteiger partial charge in [0.15, 0.2) is 0 Å². The molecule has 1 unspecified atom stereocenters. The minimum atomic E-state index is -0.283. The second-order valence-corrected chi connectivity index (χ2v) is 5.53. The van der Waals surface area contributed by atoms with Gasteiger partial charge in [-0.3, -0.25) is 14.5 Å². The highest BCUT2D eigenvalue weighted by molar-refractivity contribution is 5.82. The molecule has 2 aliphatic heterocycles. The summed E-state index contributed by atoms with van der Waals surface area (Å²) in [5, 5.41) is 6.38. The largest absolute Gasteiger partial charge is 0.369 e. The summed E-state index contributed by atoms with van der Waals surface area (Å²) in [6.07, 6.45) is 5.02. The highest BCUT2D eigenvalue weighted by Crippen LogP contribution is 2.12. The number of carbonyl (C=O) groups excluding carboxylic acids is 2. The molecule has 4 N–H and O–H groups in total. The molecule has 2 heterocycles. The summed E-state index contributed by atoms with van der Waals surface area (Å²) in [6, 6.07) is 0.220. The van der Waals surface area contributed by atoms with Crippen LogP contribution in [-0.4, -0.2) is 55.0 Å². The molecule has 0 bridgehead atoms. The number of hydrogen-bond donors (Lipinski definition) is 3. The van der Waals surface area contributed by atoms with Crippen molar-refractivity contribution in [3.63, 3.8) is 0 Å². The number of primary amides is 1. The lowest BCUT2D eigenvalue weighted by Gasteiger charge is -2.33. The summed E-state index contributed by atoms with van der Waals surface area (Å²) >= 11 is 0. The molecule has 19 heavy (non-hydrogen) atoms. The molecular weight excluding hydrogens is 244 g/mol. The maximum Gasteiger partial charge on any atom is 0.237 e. The Balaban J connectivity index is 1.69. The zero-order valence-electron chi connectivity index (χ0n) is 11.4. The molecule has 2 fully saturated rings. The van der Waals surface area contributed by atoms with Gasteiger partial charge in [0.05, 0.1) is 12.6 Å². The van der Waals surface area contributed by atoms with Crippen LogP contribution in [-0.2, 0) is 9.59 Å². The lowest BCUT2D eigenvalue weighted by Crippen LogP contribution is -2.52. The van der Waals surface area contributed by atoms with Crippen LogP contribution in [0.1, 0.15) is 32.1 Å². The second kappa shape index (κ2) is 6.86. The lowest BCUT2D eigenvalue weighted by atomic mass is 10.0. The van der Waals surface area contributed by atoms with E-state index in [0.717, 1.165) is 51.7 Å². The fraction of sp³-hybridized carbons (Fsp3) is 0.846. The van der Waals surface area contributed by atoms with Crippen molar-refractivity contribution in [1.29, 1.82) is 0 Å². The van der Waals surface area contributed by atoms with Crippen molar-refractivity contribution in [2.75, 3.05) is 26.2 Å². The first-order chi connectivity index (χ1) is 9.15. The standard InChI is InChI=1S/C13H24N4O2/c14-12(18)9-17-7-4-10(5-8-17)16-13(19)11-3-1-2-6-15-11/h10-11,15H,1-9H2,(H2,14,18)(H,16,19). The molecule has 6 heteroatoms. The number of rotatable bonds is 4. The zero-order chi connectivity index (χ0) is 13.7. The second-order valence-electron chi connectivity index (χ2n) is 5.53. The molecule has 6 nitrogen and oxygen atoms in total. The highest BCUT2D eigenvalue weighted by atomic mass is 16.2. The van der Waals surface area contributed by atoms with Crippen LogP contribution >= 0.6 is 0 Å². The Morgan fingerprint density at radius 3 is 2.53 bits per heavy atom. The van der Waals surface area contributed by atoms with Gasteiger partial charge in [-0.05, 0) is 32.2 Å². The Hall–Kier alpha value is -1.14. The summed E-state index contributed by atoms with van der Waals surface area (Å²) in [5.74, 6) is -0.151. The van der Waals surface area contributed by atoms with E-state index in [4.69, 9.17) is 5.73 Å². The van der Waals surface area contributed by atoms with Gasteiger partial charge >= 0.3 is 0 Å². The molecule has 0 aromatic rings. The van der Waals surface area contributed by atoms with Gasteiger partial charge in [-0.2, -0.15) is 0 Å². The predicted octanol–water partition coefficient (Wildman–Crippen LogP) is -0.806. The van der Waals surface area contributed by atoms with Gasteiger partial charge in [0.25, 0.3) is 0 Å². The summed E-state index contributed by atoms with van der Waals surface area (Å²) in [6.45, 7) is 2.91. The van der Waals surface area contributed by atoms with Crippen molar-refractivity contribution >= 4 is 11.8 Å². The van der Waals surface area contributed by atoms with Gasteiger partial charge in [-0.15, -0.1) is 0 Å². The average Bonchev–Trinajstić information content (AvgIpc) is 2.41. The molecule has 0 radical (unpaired) electrons. The molecule has 2 saturated heterocycles. The maximum atomic E-state index is 12.1. The zero-order valence-corrected chi connectivity index (χ0v) is 11.4. The third kappa shape index (κ3) is 4.47. The quantitative estimate of drug-likeness (QED) is 0.622. The van der Waals surface area contributed by atoms with E-state index in [2.05, 4.69) is 10.6 Å². The first kappa shape index (κ1) is 14.3. The van der Waals surface area contributed by atoms with Crippen LogP contribution in [0.15, 0.2) is 0 Å². The summed E-state index contributed by atoms with van der Waals surface area (Å²) < 4.78 is 0. The fourth-order valence-corrected chi connectivity index (χ4v) is 2.83. The average molecular weight is 268 g/mol. The molecule has 0 aromatic heterocycles. The van der Waals surface area contributed by atoms with Gasteiger partial charge in [0, 0.05) is 19.1 Å². The summed E-state index contributed by atoms with van der Waals surface area (Å²) in [4.78, 5) is 24.9. The van der Waals surface area contributed by atoms with E-state index in [1.54, 1.807) is 0 Å². The topological polar surface area (TPSA) is 87.5 Å². The molecule has 2 aliphatic rings. The lowest BCUT2D eigenvalue weighted by molar-refractivity contribution is -0.125. The van der Waals surface area contributed by atoms with Crippen LogP contribution in [0.2, 0.25) is 0 Å². The Kier molecular flexibility index (Phi) is 5.15. The maximum absolute atomic E-state index is 12.1. The molecule has 0 spiro atoms.